The Morgan fingerprint density at radius 2 is 2.00 bits per heavy atom. The summed E-state index contributed by atoms with van der Waals surface area (Å²) in [6.07, 6.45) is 6.00. The first kappa shape index (κ1) is 16.8. The van der Waals surface area contributed by atoms with Crippen LogP contribution in [0.15, 0.2) is 17.8 Å². The van der Waals surface area contributed by atoms with Crippen LogP contribution in [0.5, 0.6) is 0 Å². The fourth-order valence-corrected chi connectivity index (χ4v) is 3.98. The zero-order valence-electron chi connectivity index (χ0n) is 14.2. The van der Waals surface area contributed by atoms with E-state index in [1.165, 1.54) is 12.4 Å². The van der Waals surface area contributed by atoms with E-state index in [0.717, 1.165) is 36.5 Å². The van der Waals surface area contributed by atoms with Crippen LogP contribution >= 0.6 is 11.3 Å². The highest BCUT2D eigenvalue weighted by Crippen LogP contribution is 2.36. The first-order valence-corrected chi connectivity index (χ1v) is 9.02. The van der Waals surface area contributed by atoms with Crippen LogP contribution in [0.25, 0.3) is 0 Å². The second-order valence-corrected chi connectivity index (χ2v) is 7.99. The normalized spacial score (nSPS) is 18.6. The minimum Gasteiger partial charge on any atom is -0.478 e. The van der Waals surface area contributed by atoms with Gasteiger partial charge in [0, 0.05) is 29.7 Å². The molecule has 1 aliphatic rings. The van der Waals surface area contributed by atoms with Gasteiger partial charge in [0.05, 0.1) is 17.3 Å². The van der Waals surface area contributed by atoms with E-state index < -0.39 is 5.97 Å². The number of aromatic nitrogens is 3. The third-order valence-electron chi connectivity index (χ3n) is 4.22. The fourth-order valence-electron chi connectivity index (χ4n) is 2.79. The standard InChI is InChI=1S/C17H22N4O2S/c1-17(2,3)13-10-24-14(20-13)12-6-4-5-7-21(12)16-18-8-11(9-19-16)15(22)23/h8-10,12H,4-7H2,1-3H3,(H,22,23). The molecule has 1 aliphatic heterocycles. The van der Waals surface area contributed by atoms with Crippen LogP contribution in [0.3, 0.4) is 0 Å². The number of carbonyl (C=O) groups is 1. The number of piperidine rings is 1. The van der Waals surface area contributed by atoms with Gasteiger partial charge in [-0.25, -0.2) is 19.7 Å². The van der Waals surface area contributed by atoms with Crippen LogP contribution < -0.4 is 4.90 Å². The summed E-state index contributed by atoms with van der Waals surface area (Å²) in [5.41, 5.74) is 1.25. The number of rotatable bonds is 3. The van der Waals surface area contributed by atoms with Crippen LogP contribution in [-0.4, -0.2) is 32.6 Å². The molecule has 1 saturated heterocycles. The Morgan fingerprint density at radius 1 is 1.29 bits per heavy atom. The van der Waals surface area contributed by atoms with E-state index in [0.29, 0.717) is 5.95 Å². The van der Waals surface area contributed by atoms with Gasteiger partial charge in [-0.2, -0.15) is 0 Å². The predicted molar refractivity (Wildman–Crippen MR) is 93.7 cm³/mol. The highest BCUT2D eigenvalue weighted by molar-refractivity contribution is 7.09. The lowest BCUT2D eigenvalue weighted by molar-refractivity contribution is 0.0696. The number of aromatic carboxylic acids is 1. The minimum atomic E-state index is -1.01. The summed E-state index contributed by atoms with van der Waals surface area (Å²) in [4.78, 5) is 26.5. The molecule has 7 heteroatoms. The Hall–Kier alpha value is -2.02. The molecule has 1 N–H and O–H groups in total. The quantitative estimate of drug-likeness (QED) is 0.913. The Bertz CT molecular complexity index is 721. The topological polar surface area (TPSA) is 79.2 Å². The second kappa shape index (κ2) is 6.47. The maximum absolute atomic E-state index is 11.0. The summed E-state index contributed by atoms with van der Waals surface area (Å²) in [7, 11) is 0. The molecule has 0 aliphatic carbocycles. The number of thiazole rings is 1. The first-order valence-electron chi connectivity index (χ1n) is 8.14. The molecule has 1 fully saturated rings. The van der Waals surface area contributed by atoms with Gasteiger partial charge in [0.25, 0.3) is 0 Å². The Kier molecular flexibility index (Phi) is 4.54. The van der Waals surface area contributed by atoms with E-state index in [9.17, 15) is 4.79 Å². The van der Waals surface area contributed by atoms with Crippen molar-refractivity contribution in [3.8, 4) is 0 Å². The lowest BCUT2D eigenvalue weighted by Gasteiger charge is -2.34. The van der Waals surface area contributed by atoms with Crippen molar-refractivity contribution in [1.29, 1.82) is 0 Å². The van der Waals surface area contributed by atoms with Crippen molar-refractivity contribution in [1.82, 2.24) is 15.0 Å². The molecule has 24 heavy (non-hydrogen) atoms. The monoisotopic (exact) mass is 346 g/mol. The average Bonchev–Trinajstić information content (AvgIpc) is 3.05. The third-order valence-corrected chi connectivity index (χ3v) is 5.17. The molecule has 0 saturated carbocycles. The maximum atomic E-state index is 11.0. The number of carboxylic acids is 1. The SMILES string of the molecule is CC(C)(C)c1csc(C2CCCCN2c2ncc(C(=O)O)cn2)n1. The van der Waals surface area contributed by atoms with Crippen LogP contribution in [0, 0.1) is 0 Å². The zero-order valence-corrected chi connectivity index (χ0v) is 15.0. The van der Waals surface area contributed by atoms with E-state index in [4.69, 9.17) is 10.1 Å². The number of hydrogen-bond donors (Lipinski definition) is 1. The molecule has 1 unspecified atom stereocenters. The van der Waals surface area contributed by atoms with Gasteiger partial charge in [-0.15, -0.1) is 11.3 Å². The summed E-state index contributed by atoms with van der Waals surface area (Å²) in [5, 5.41) is 12.2. The lowest BCUT2D eigenvalue weighted by atomic mass is 9.93. The highest BCUT2D eigenvalue weighted by Gasteiger charge is 2.29. The van der Waals surface area contributed by atoms with E-state index in [2.05, 4.69) is 41.0 Å². The van der Waals surface area contributed by atoms with Crippen LogP contribution in [0.2, 0.25) is 0 Å². The second-order valence-electron chi connectivity index (χ2n) is 7.10. The van der Waals surface area contributed by atoms with Crippen LogP contribution in [0.1, 0.15) is 67.1 Å². The first-order chi connectivity index (χ1) is 11.4. The smallest absolute Gasteiger partial charge is 0.338 e. The molecule has 0 aromatic carbocycles. The third kappa shape index (κ3) is 3.40. The molecule has 0 radical (unpaired) electrons. The summed E-state index contributed by atoms with van der Waals surface area (Å²) in [5.74, 6) is -0.427. The molecule has 3 heterocycles. The molecule has 2 aromatic rings. The van der Waals surface area contributed by atoms with Crippen LogP contribution in [-0.2, 0) is 5.41 Å². The number of carboxylic acid groups (broad SMARTS) is 1. The van der Waals surface area contributed by atoms with Gasteiger partial charge in [0.1, 0.15) is 5.01 Å². The molecule has 1 atom stereocenters. The van der Waals surface area contributed by atoms with Crippen molar-refractivity contribution in [2.45, 2.75) is 51.5 Å². The highest BCUT2D eigenvalue weighted by atomic mass is 32.1. The fraction of sp³-hybridized carbons (Fsp3) is 0.529. The predicted octanol–water partition coefficient (Wildman–Crippen LogP) is 3.66. The van der Waals surface area contributed by atoms with Crippen molar-refractivity contribution in [2.75, 3.05) is 11.4 Å². The van der Waals surface area contributed by atoms with Gasteiger partial charge >= 0.3 is 5.97 Å². The van der Waals surface area contributed by atoms with E-state index in [1.54, 1.807) is 11.3 Å². The van der Waals surface area contributed by atoms with Gasteiger partial charge in [-0.05, 0) is 19.3 Å². The van der Waals surface area contributed by atoms with Crippen LogP contribution in [0.4, 0.5) is 5.95 Å². The minimum absolute atomic E-state index is 0.0356. The molecular weight excluding hydrogens is 324 g/mol. The molecule has 128 valence electrons. The van der Waals surface area contributed by atoms with Gasteiger partial charge in [-0.3, -0.25) is 0 Å². The number of nitrogens with zero attached hydrogens (tertiary/aromatic N) is 4. The van der Waals surface area contributed by atoms with E-state index in [1.807, 2.05) is 0 Å². The Labute approximate surface area is 145 Å². The van der Waals surface area contributed by atoms with Crippen molar-refractivity contribution in [2.24, 2.45) is 0 Å². The summed E-state index contributed by atoms with van der Waals surface area (Å²) < 4.78 is 0. The van der Waals surface area contributed by atoms with Gasteiger partial charge in [0.2, 0.25) is 5.95 Å². The number of anilines is 1. The average molecular weight is 346 g/mol. The molecule has 0 amide bonds. The lowest BCUT2D eigenvalue weighted by Crippen LogP contribution is -2.34. The molecule has 0 spiro atoms. The molecule has 6 nitrogen and oxygen atoms in total. The van der Waals surface area contributed by atoms with Crippen molar-refractivity contribution >= 4 is 23.3 Å². The van der Waals surface area contributed by atoms with Gasteiger partial charge in [-0.1, -0.05) is 20.8 Å². The van der Waals surface area contributed by atoms with Gasteiger partial charge in [0.15, 0.2) is 0 Å². The maximum Gasteiger partial charge on any atom is 0.338 e. The van der Waals surface area contributed by atoms with E-state index in [-0.39, 0.29) is 17.0 Å². The van der Waals surface area contributed by atoms with Crippen molar-refractivity contribution in [3.63, 3.8) is 0 Å². The molecule has 3 rings (SSSR count). The van der Waals surface area contributed by atoms with E-state index >= 15 is 0 Å². The number of hydrogen-bond acceptors (Lipinski definition) is 6. The summed E-state index contributed by atoms with van der Waals surface area (Å²) in [6.45, 7) is 7.36. The molecule has 2 aromatic heterocycles. The van der Waals surface area contributed by atoms with Crippen molar-refractivity contribution < 1.29 is 9.90 Å². The Morgan fingerprint density at radius 3 is 2.58 bits per heavy atom. The Balaban J connectivity index is 1.88. The van der Waals surface area contributed by atoms with Crippen molar-refractivity contribution in [3.05, 3.63) is 34.0 Å². The van der Waals surface area contributed by atoms with Gasteiger partial charge < -0.3 is 10.0 Å². The molecule has 0 bridgehead atoms. The largest absolute Gasteiger partial charge is 0.478 e. The molecular formula is C17H22N4O2S. The summed E-state index contributed by atoms with van der Waals surface area (Å²) in [6, 6.07) is 0.163. The zero-order chi connectivity index (χ0) is 17.3. The summed E-state index contributed by atoms with van der Waals surface area (Å²) >= 11 is 1.69.